The maximum Gasteiger partial charge on any atom is 0.326 e. The van der Waals surface area contributed by atoms with Crippen molar-refractivity contribution in [3.8, 4) is 0 Å². The predicted octanol–water partition coefficient (Wildman–Crippen LogP) is 3.03. The quantitative estimate of drug-likeness (QED) is 0.685. The van der Waals surface area contributed by atoms with Crippen LogP contribution < -0.4 is 5.69 Å². The van der Waals surface area contributed by atoms with E-state index in [-0.39, 0.29) is 23.8 Å². The summed E-state index contributed by atoms with van der Waals surface area (Å²) in [5.74, 6) is 0.0103. The fourth-order valence-electron chi connectivity index (χ4n) is 5.30. The number of carbonyl (C=O) groups is 1. The molecule has 0 radical (unpaired) electrons. The number of likely N-dealkylation sites (tertiary alicyclic amines) is 2. The molecule has 3 aromatic rings. The number of aromatic nitrogens is 4. The highest BCUT2D eigenvalue weighted by Gasteiger charge is 2.35. The lowest BCUT2D eigenvalue weighted by molar-refractivity contribution is 0.00115. The van der Waals surface area contributed by atoms with Crippen LogP contribution in [0.15, 0.2) is 35.6 Å². The van der Waals surface area contributed by atoms with Gasteiger partial charge in [0.25, 0.3) is 5.91 Å². The van der Waals surface area contributed by atoms with Gasteiger partial charge >= 0.3 is 5.69 Å². The van der Waals surface area contributed by atoms with E-state index < -0.39 is 0 Å². The molecule has 4 heterocycles. The van der Waals surface area contributed by atoms with Crippen molar-refractivity contribution >= 4 is 16.9 Å². The first kappa shape index (κ1) is 20.9. The van der Waals surface area contributed by atoms with Crippen LogP contribution in [0.4, 0.5) is 0 Å². The van der Waals surface area contributed by atoms with Crippen molar-refractivity contribution in [2.45, 2.75) is 58.2 Å². The second kappa shape index (κ2) is 8.50. The minimum atomic E-state index is -0.0259. The molecule has 2 aliphatic rings. The van der Waals surface area contributed by atoms with Crippen LogP contribution in [0.2, 0.25) is 0 Å². The van der Waals surface area contributed by atoms with Gasteiger partial charge in [0, 0.05) is 38.1 Å². The molecule has 0 aliphatic carbocycles. The summed E-state index contributed by atoms with van der Waals surface area (Å²) in [6.45, 7) is 6.66. The topological polar surface area (TPSA) is 87.1 Å². The summed E-state index contributed by atoms with van der Waals surface area (Å²) < 4.78 is 1.95. The summed E-state index contributed by atoms with van der Waals surface area (Å²) in [5, 5.41) is 0. The molecule has 0 bridgehead atoms. The number of benzene rings is 1. The Kier molecular flexibility index (Phi) is 5.55. The predicted molar refractivity (Wildman–Crippen MR) is 123 cm³/mol. The summed E-state index contributed by atoms with van der Waals surface area (Å²) in [6.07, 6.45) is 9.67. The smallest absolute Gasteiger partial charge is 0.323 e. The van der Waals surface area contributed by atoms with E-state index in [1.807, 2.05) is 9.47 Å². The minimum Gasteiger partial charge on any atom is -0.323 e. The van der Waals surface area contributed by atoms with Crippen LogP contribution in [-0.2, 0) is 0 Å². The number of aryl methyl sites for hydroxylation is 2. The molecule has 1 unspecified atom stereocenters. The largest absolute Gasteiger partial charge is 0.326 e. The van der Waals surface area contributed by atoms with E-state index >= 15 is 0 Å². The Balaban J connectivity index is 1.33. The lowest BCUT2D eigenvalue weighted by atomic mass is 9.99. The number of aromatic amines is 1. The Labute approximate surface area is 187 Å². The average Bonchev–Trinajstić information content (AvgIpc) is 3.14. The highest BCUT2D eigenvalue weighted by Crippen LogP contribution is 2.30. The highest BCUT2D eigenvalue weighted by molar-refractivity contribution is 5.93. The van der Waals surface area contributed by atoms with Crippen LogP contribution in [0.5, 0.6) is 0 Å². The molecular weight excluding hydrogens is 404 g/mol. The minimum absolute atomic E-state index is 0.0103. The van der Waals surface area contributed by atoms with Gasteiger partial charge in [-0.3, -0.25) is 14.3 Å². The molecule has 1 aromatic carbocycles. The first-order valence-corrected chi connectivity index (χ1v) is 11.5. The Morgan fingerprint density at radius 1 is 1.00 bits per heavy atom. The zero-order chi connectivity index (χ0) is 22.2. The monoisotopic (exact) mass is 434 g/mol. The van der Waals surface area contributed by atoms with E-state index in [4.69, 9.17) is 0 Å². The Bertz CT molecular complexity index is 1180. The second-order valence-electron chi connectivity index (χ2n) is 9.12. The SMILES string of the molecule is Cc1cc2[nH]c(=O)n(C3CCN(C4CCCCN4C(=O)c4cncnc4)CC3)c2cc1C. The van der Waals surface area contributed by atoms with E-state index in [1.165, 1.54) is 17.5 Å². The van der Waals surface area contributed by atoms with Crippen molar-refractivity contribution in [3.05, 3.63) is 58.0 Å². The third-order valence-corrected chi connectivity index (χ3v) is 7.16. The summed E-state index contributed by atoms with van der Waals surface area (Å²) in [6, 6.07) is 4.36. The fourth-order valence-corrected chi connectivity index (χ4v) is 5.30. The molecule has 2 fully saturated rings. The number of nitrogens with zero attached hydrogens (tertiary/aromatic N) is 5. The number of nitrogens with one attached hydrogen (secondary N) is 1. The van der Waals surface area contributed by atoms with Crippen LogP contribution in [0.25, 0.3) is 11.0 Å². The summed E-state index contributed by atoms with van der Waals surface area (Å²) in [5.41, 5.74) is 4.81. The van der Waals surface area contributed by atoms with Crippen molar-refractivity contribution in [3.63, 3.8) is 0 Å². The molecule has 168 valence electrons. The molecule has 2 aromatic heterocycles. The van der Waals surface area contributed by atoms with Gasteiger partial charge in [0.1, 0.15) is 6.33 Å². The third kappa shape index (κ3) is 3.72. The van der Waals surface area contributed by atoms with Gasteiger partial charge in [0.2, 0.25) is 0 Å². The summed E-state index contributed by atoms with van der Waals surface area (Å²) in [4.78, 5) is 41.4. The van der Waals surface area contributed by atoms with Gasteiger partial charge in [0.15, 0.2) is 0 Å². The molecule has 0 saturated carbocycles. The molecule has 1 N–H and O–H groups in total. The van der Waals surface area contributed by atoms with Gasteiger partial charge in [-0.2, -0.15) is 0 Å². The molecule has 8 nitrogen and oxygen atoms in total. The standard InChI is InChI=1S/C24H30N6O2/c1-16-11-20-21(12-17(16)2)30(24(32)27-20)19-6-9-28(10-7-19)22-5-3-4-8-29(22)23(31)18-13-25-15-26-14-18/h11-15,19,22H,3-10H2,1-2H3,(H,27,32). The first-order chi connectivity index (χ1) is 15.5. The molecule has 32 heavy (non-hydrogen) atoms. The molecule has 2 saturated heterocycles. The third-order valence-electron chi connectivity index (χ3n) is 7.16. The second-order valence-corrected chi connectivity index (χ2v) is 9.12. The normalized spacial score (nSPS) is 20.7. The lowest BCUT2D eigenvalue weighted by Crippen LogP contribution is -2.55. The van der Waals surface area contributed by atoms with Crippen molar-refractivity contribution in [2.75, 3.05) is 19.6 Å². The molecule has 1 amide bonds. The Hall–Kier alpha value is -3.00. The number of imidazole rings is 1. The zero-order valence-corrected chi connectivity index (χ0v) is 18.8. The van der Waals surface area contributed by atoms with Gasteiger partial charge in [-0.1, -0.05) is 0 Å². The van der Waals surface area contributed by atoms with Crippen LogP contribution >= 0.6 is 0 Å². The number of fused-ring (bicyclic) bond motifs is 1. The molecule has 2 aliphatic heterocycles. The molecule has 1 atom stereocenters. The van der Waals surface area contributed by atoms with Crippen LogP contribution in [-0.4, -0.2) is 61.0 Å². The summed E-state index contributed by atoms with van der Waals surface area (Å²) in [7, 11) is 0. The van der Waals surface area contributed by atoms with E-state index in [0.717, 1.165) is 62.8 Å². The van der Waals surface area contributed by atoms with Crippen molar-refractivity contribution in [2.24, 2.45) is 0 Å². The number of H-pyrrole nitrogens is 1. The van der Waals surface area contributed by atoms with Crippen LogP contribution in [0, 0.1) is 13.8 Å². The molecule has 0 spiro atoms. The zero-order valence-electron chi connectivity index (χ0n) is 18.8. The highest BCUT2D eigenvalue weighted by atomic mass is 16.2. The number of hydrogen-bond acceptors (Lipinski definition) is 5. The number of amides is 1. The number of piperidine rings is 2. The average molecular weight is 435 g/mol. The Morgan fingerprint density at radius 3 is 2.47 bits per heavy atom. The number of hydrogen-bond donors (Lipinski definition) is 1. The van der Waals surface area contributed by atoms with E-state index in [2.05, 4.69) is 45.8 Å². The lowest BCUT2D eigenvalue weighted by Gasteiger charge is -2.45. The molecule has 5 rings (SSSR count). The van der Waals surface area contributed by atoms with Crippen LogP contribution in [0.1, 0.15) is 59.6 Å². The molecular formula is C24H30N6O2. The maximum atomic E-state index is 13.1. The van der Waals surface area contributed by atoms with Gasteiger partial charge in [-0.05, 0) is 69.2 Å². The van der Waals surface area contributed by atoms with Crippen LogP contribution in [0.3, 0.4) is 0 Å². The van der Waals surface area contributed by atoms with Crippen molar-refractivity contribution in [1.29, 1.82) is 0 Å². The van der Waals surface area contributed by atoms with Crippen molar-refractivity contribution < 1.29 is 4.79 Å². The fraction of sp³-hybridized carbons (Fsp3) is 0.500. The van der Waals surface area contributed by atoms with Gasteiger partial charge < -0.3 is 9.88 Å². The number of carbonyl (C=O) groups excluding carboxylic acids is 1. The Morgan fingerprint density at radius 2 is 1.72 bits per heavy atom. The number of rotatable bonds is 3. The summed E-state index contributed by atoms with van der Waals surface area (Å²) >= 11 is 0. The van der Waals surface area contributed by atoms with E-state index in [1.54, 1.807) is 12.4 Å². The molecule has 8 heteroatoms. The first-order valence-electron chi connectivity index (χ1n) is 11.5. The van der Waals surface area contributed by atoms with Gasteiger partial charge in [0.05, 0.1) is 22.8 Å². The van der Waals surface area contributed by atoms with E-state index in [0.29, 0.717) is 5.56 Å². The van der Waals surface area contributed by atoms with Crippen molar-refractivity contribution in [1.82, 2.24) is 29.3 Å². The van der Waals surface area contributed by atoms with E-state index in [9.17, 15) is 9.59 Å². The van der Waals surface area contributed by atoms with Gasteiger partial charge in [-0.15, -0.1) is 0 Å². The maximum absolute atomic E-state index is 13.1. The van der Waals surface area contributed by atoms with Gasteiger partial charge in [-0.25, -0.2) is 14.8 Å².